The first-order chi connectivity index (χ1) is 10.6. The highest BCUT2D eigenvalue weighted by atomic mass is 16.3. The molecule has 118 valence electrons. The van der Waals surface area contributed by atoms with Gasteiger partial charge in [0.05, 0.1) is 19.1 Å². The molecule has 22 heavy (non-hydrogen) atoms. The van der Waals surface area contributed by atoms with Crippen molar-refractivity contribution in [3.8, 4) is 0 Å². The van der Waals surface area contributed by atoms with E-state index < -0.39 is 6.10 Å². The molecule has 1 atom stereocenters. The number of aliphatic hydroxyl groups is 1. The van der Waals surface area contributed by atoms with Crippen molar-refractivity contribution in [3.05, 3.63) is 54.1 Å². The number of hydrogen-bond donors (Lipinski definition) is 2. The highest BCUT2D eigenvalue weighted by molar-refractivity contribution is 5.76. The number of carbonyl (C=O) groups excluding carboxylic acids is 1. The molecule has 1 amide bonds. The number of imidazole rings is 1. The van der Waals surface area contributed by atoms with Crippen molar-refractivity contribution in [3.63, 3.8) is 0 Å². The molecular formula is C17H23N3O2. The van der Waals surface area contributed by atoms with Gasteiger partial charge >= 0.3 is 0 Å². The summed E-state index contributed by atoms with van der Waals surface area (Å²) in [5.41, 5.74) is 1.18. The number of amides is 1. The summed E-state index contributed by atoms with van der Waals surface area (Å²) in [5.74, 6) is 0.720. The van der Waals surface area contributed by atoms with Crippen LogP contribution in [0.2, 0.25) is 0 Å². The molecule has 0 aliphatic heterocycles. The smallest absolute Gasteiger partial charge is 0.222 e. The Morgan fingerprint density at radius 2 is 2.05 bits per heavy atom. The number of rotatable bonds is 7. The van der Waals surface area contributed by atoms with Crippen LogP contribution in [0.15, 0.2) is 42.7 Å². The van der Waals surface area contributed by atoms with Gasteiger partial charge in [0.15, 0.2) is 0 Å². The Morgan fingerprint density at radius 1 is 1.32 bits per heavy atom. The predicted molar refractivity (Wildman–Crippen MR) is 85.1 cm³/mol. The summed E-state index contributed by atoms with van der Waals surface area (Å²) in [4.78, 5) is 16.1. The molecule has 5 nitrogen and oxygen atoms in total. The van der Waals surface area contributed by atoms with Gasteiger partial charge in [0.1, 0.15) is 5.82 Å². The number of hydrogen-bond acceptors (Lipinski definition) is 3. The maximum atomic E-state index is 11.8. The SMILES string of the molecule is CC(C)C(O)CC(=O)NCc1nccn1Cc1ccccc1. The predicted octanol–water partition coefficient (Wildman–Crippen LogP) is 1.95. The second kappa shape index (κ2) is 7.75. The molecule has 5 heteroatoms. The summed E-state index contributed by atoms with van der Waals surface area (Å²) in [5, 5.41) is 12.5. The monoisotopic (exact) mass is 301 g/mol. The summed E-state index contributed by atoms with van der Waals surface area (Å²) in [6, 6.07) is 10.1. The highest BCUT2D eigenvalue weighted by Gasteiger charge is 2.14. The molecule has 1 aromatic carbocycles. The van der Waals surface area contributed by atoms with E-state index in [2.05, 4.69) is 22.4 Å². The lowest BCUT2D eigenvalue weighted by Crippen LogP contribution is -2.30. The van der Waals surface area contributed by atoms with Gasteiger partial charge in [-0.3, -0.25) is 4.79 Å². The van der Waals surface area contributed by atoms with E-state index in [0.717, 1.165) is 12.4 Å². The summed E-state index contributed by atoms with van der Waals surface area (Å²) in [7, 11) is 0. The fourth-order valence-electron chi connectivity index (χ4n) is 2.11. The Balaban J connectivity index is 1.89. The van der Waals surface area contributed by atoms with Crippen LogP contribution in [0, 0.1) is 5.92 Å². The summed E-state index contributed by atoms with van der Waals surface area (Å²) < 4.78 is 2.01. The van der Waals surface area contributed by atoms with Gasteiger partial charge in [-0.25, -0.2) is 4.98 Å². The third-order valence-corrected chi connectivity index (χ3v) is 3.61. The van der Waals surface area contributed by atoms with Crippen LogP contribution < -0.4 is 5.32 Å². The van der Waals surface area contributed by atoms with Crippen LogP contribution in [-0.2, 0) is 17.9 Å². The molecule has 2 N–H and O–H groups in total. The zero-order valence-electron chi connectivity index (χ0n) is 13.1. The van der Waals surface area contributed by atoms with E-state index in [1.54, 1.807) is 6.20 Å². The van der Waals surface area contributed by atoms with Crippen LogP contribution in [0.3, 0.4) is 0 Å². The summed E-state index contributed by atoms with van der Waals surface area (Å²) in [6.45, 7) is 4.87. The fraction of sp³-hybridized carbons (Fsp3) is 0.412. The lowest BCUT2D eigenvalue weighted by molar-refractivity contribution is -0.123. The van der Waals surface area contributed by atoms with E-state index in [1.165, 1.54) is 5.56 Å². The minimum absolute atomic E-state index is 0.0748. The second-order valence-electron chi connectivity index (χ2n) is 5.75. The largest absolute Gasteiger partial charge is 0.392 e. The van der Waals surface area contributed by atoms with E-state index in [0.29, 0.717) is 6.54 Å². The third kappa shape index (κ3) is 4.70. The van der Waals surface area contributed by atoms with Crippen LogP contribution in [-0.4, -0.2) is 26.7 Å². The van der Waals surface area contributed by atoms with Crippen molar-refractivity contribution >= 4 is 5.91 Å². The molecular weight excluding hydrogens is 278 g/mol. The van der Waals surface area contributed by atoms with Gasteiger partial charge in [0, 0.05) is 18.9 Å². The molecule has 0 bridgehead atoms. The number of nitrogens with zero attached hydrogens (tertiary/aromatic N) is 2. The first-order valence-corrected chi connectivity index (χ1v) is 7.55. The van der Waals surface area contributed by atoms with Crippen molar-refractivity contribution in [1.29, 1.82) is 0 Å². The van der Waals surface area contributed by atoms with E-state index in [1.807, 2.05) is 42.8 Å². The normalized spacial score (nSPS) is 12.4. The Kier molecular flexibility index (Phi) is 5.72. The standard InChI is InChI=1S/C17H23N3O2/c1-13(2)15(21)10-17(22)19-11-16-18-8-9-20(16)12-14-6-4-3-5-7-14/h3-9,13,15,21H,10-12H2,1-2H3,(H,19,22). The quantitative estimate of drug-likeness (QED) is 0.821. The molecule has 0 saturated heterocycles. The molecule has 0 fully saturated rings. The van der Waals surface area contributed by atoms with Crippen molar-refractivity contribution in [2.75, 3.05) is 0 Å². The molecule has 2 aromatic rings. The van der Waals surface area contributed by atoms with Gasteiger partial charge in [-0.1, -0.05) is 44.2 Å². The molecule has 0 saturated carbocycles. The summed E-state index contributed by atoms with van der Waals surface area (Å²) >= 11 is 0. The van der Waals surface area contributed by atoms with E-state index >= 15 is 0 Å². The molecule has 2 rings (SSSR count). The molecule has 0 radical (unpaired) electrons. The average Bonchev–Trinajstić information content (AvgIpc) is 2.93. The van der Waals surface area contributed by atoms with Crippen LogP contribution >= 0.6 is 0 Å². The van der Waals surface area contributed by atoms with Crippen molar-refractivity contribution < 1.29 is 9.90 Å². The summed E-state index contributed by atoms with van der Waals surface area (Å²) in [6.07, 6.45) is 3.14. The number of aliphatic hydroxyl groups excluding tert-OH is 1. The van der Waals surface area contributed by atoms with Crippen LogP contribution in [0.5, 0.6) is 0 Å². The molecule has 0 spiro atoms. The van der Waals surface area contributed by atoms with Crippen LogP contribution in [0.4, 0.5) is 0 Å². The zero-order valence-corrected chi connectivity index (χ0v) is 13.1. The fourth-order valence-corrected chi connectivity index (χ4v) is 2.11. The van der Waals surface area contributed by atoms with Gasteiger partial charge in [-0.2, -0.15) is 0 Å². The van der Waals surface area contributed by atoms with E-state index in [4.69, 9.17) is 0 Å². The van der Waals surface area contributed by atoms with Gasteiger partial charge in [-0.05, 0) is 11.5 Å². The Labute approximate surface area is 131 Å². The minimum Gasteiger partial charge on any atom is -0.392 e. The van der Waals surface area contributed by atoms with Gasteiger partial charge in [-0.15, -0.1) is 0 Å². The minimum atomic E-state index is -0.607. The third-order valence-electron chi connectivity index (χ3n) is 3.61. The average molecular weight is 301 g/mol. The molecule has 1 aromatic heterocycles. The lowest BCUT2D eigenvalue weighted by atomic mass is 10.0. The number of aromatic nitrogens is 2. The van der Waals surface area contributed by atoms with E-state index in [9.17, 15) is 9.90 Å². The number of nitrogens with one attached hydrogen (secondary N) is 1. The maximum absolute atomic E-state index is 11.8. The van der Waals surface area contributed by atoms with E-state index in [-0.39, 0.29) is 18.2 Å². The molecule has 1 unspecified atom stereocenters. The topological polar surface area (TPSA) is 67.2 Å². The second-order valence-corrected chi connectivity index (χ2v) is 5.75. The van der Waals surface area contributed by atoms with Crippen LogP contribution in [0.25, 0.3) is 0 Å². The number of benzene rings is 1. The molecule has 1 heterocycles. The van der Waals surface area contributed by atoms with Gasteiger partial charge in [0.25, 0.3) is 0 Å². The maximum Gasteiger partial charge on any atom is 0.222 e. The van der Waals surface area contributed by atoms with Crippen LogP contribution in [0.1, 0.15) is 31.7 Å². The zero-order chi connectivity index (χ0) is 15.9. The Morgan fingerprint density at radius 3 is 2.73 bits per heavy atom. The number of carbonyl (C=O) groups is 1. The Hall–Kier alpha value is -2.14. The van der Waals surface area contributed by atoms with Gasteiger partial charge in [0.2, 0.25) is 5.91 Å². The Bertz CT molecular complexity index is 593. The lowest BCUT2D eigenvalue weighted by Gasteiger charge is -2.14. The van der Waals surface area contributed by atoms with Gasteiger partial charge < -0.3 is 15.0 Å². The first kappa shape index (κ1) is 16.2. The first-order valence-electron chi connectivity index (χ1n) is 7.55. The van der Waals surface area contributed by atoms with Crippen molar-refractivity contribution in [2.45, 2.75) is 39.5 Å². The van der Waals surface area contributed by atoms with Crippen molar-refractivity contribution in [2.24, 2.45) is 5.92 Å². The molecule has 0 aliphatic rings. The molecule has 0 aliphatic carbocycles. The van der Waals surface area contributed by atoms with Crippen molar-refractivity contribution in [1.82, 2.24) is 14.9 Å². The highest BCUT2D eigenvalue weighted by Crippen LogP contribution is 2.07.